The van der Waals surface area contributed by atoms with Crippen LogP contribution in [0.4, 0.5) is 0 Å². The third kappa shape index (κ3) is 1.87. The molecule has 3 aromatic rings. The number of benzene rings is 2. The predicted octanol–water partition coefficient (Wildman–Crippen LogP) is 3.39. The molecule has 0 aliphatic heterocycles. The first kappa shape index (κ1) is 10.9. The zero-order valence-electron chi connectivity index (χ0n) is 9.88. The summed E-state index contributed by atoms with van der Waals surface area (Å²) in [6.07, 6.45) is 1.81. The topological polar surface area (TPSA) is 33.1 Å². The first-order valence-electron chi connectivity index (χ1n) is 5.92. The molecule has 0 atom stereocenters. The summed E-state index contributed by atoms with van der Waals surface area (Å²) < 4.78 is 0. The number of aliphatic hydroxyl groups excluding tert-OH is 1. The van der Waals surface area contributed by atoms with Crippen LogP contribution >= 0.6 is 0 Å². The number of aliphatic hydroxyl groups is 1. The molecule has 18 heavy (non-hydrogen) atoms. The summed E-state index contributed by atoms with van der Waals surface area (Å²) in [7, 11) is 0. The monoisotopic (exact) mass is 235 g/mol. The van der Waals surface area contributed by atoms with Crippen molar-refractivity contribution >= 4 is 10.9 Å². The zero-order valence-corrected chi connectivity index (χ0v) is 9.88. The maximum absolute atomic E-state index is 9.06. The summed E-state index contributed by atoms with van der Waals surface area (Å²) in [4.78, 5) is 4.45. The second-order valence-corrected chi connectivity index (χ2v) is 4.24. The predicted molar refractivity (Wildman–Crippen MR) is 73.1 cm³/mol. The minimum Gasteiger partial charge on any atom is -0.392 e. The molecule has 0 fully saturated rings. The van der Waals surface area contributed by atoms with Crippen LogP contribution in [0.25, 0.3) is 22.0 Å². The highest BCUT2D eigenvalue weighted by Crippen LogP contribution is 2.27. The lowest BCUT2D eigenvalue weighted by atomic mass is 10.0. The number of hydrogen-bond donors (Lipinski definition) is 1. The Hall–Kier alpha value is -2.19. The number of fused-ring (bicyclic) bond motifs is 1. The molecule has 0 radical (unpaired) electrons. The molecule has 0 aliphatic rings. The van der Waals surface area contributed by atoms with Crippen molar-refractivity contribution in [1.82, 2.24) is 4.98 Å². The summed E-state index contributed by atoms with van der Waals surface area (Å²) in [6, 6.07) is 18.1. The third-order valence-electron chi connectivity index (χ3n) is 3.08. The molecule has 0 unspecified atom stereocenters. The number of hydrogen-bond acceptors (Lipinski definition) is 2. The van der Waals surface area contributed by atoms with Crippen molar-refractivity contribution in [2.75, 3.05) is 0 Å². The molecule has 0 spiro atoms. The summed E-state index contributed by atoms with van der Waals surface area (Å²) in [5, 5.41) is 10.2. The SMILES string of the molecule is OCc1ccc(-c2cccc3cccnc23)cc1. The van der Waals surface area contributed by atoms with Gasteiger partial charge in [-0.1, -0.05) is 48.5 Å². The minimum atomic E-state index is 0.0774. The molecule has 88 valence electrons. The smallest absolute Gasteiger partial charge is 0.0780 e. The summed E-state index contributed by atoms with van der Waals surface area (Å²) in [6.45, 7) is 0.0774. The molecule has 0 amide bonds. The van der Waals surface area contributed by atoms with E-state index in [9.17, 15) is 0 Å². The van der Waals surface area contributed by atoms with Crippen molar-refractivity contribution in [3.05, 3.63) is 66.4 Å². The van der Waals surface area contributed by atoms with E-state index in [-0.39, 0.29) is 6.61 Å². The van der Waals surface area contributed by atoms with Gasteiger partial charge in [-0.05, 0) is 17.2 Å². The van der Waals surface area contributed by atoms with E-state index in [2.05, 4.69) is 23.2 Å². The first-order chi connectivity index (χ1) is 8.88. The largest absolute Gasteiger partial charge is 0.392 e. The van der Waals surface area contributed by atoms with Crippen LogP contribution in [0.15, 0.2) is 60.8 Å². The molecule has 1 N–H and O–H groups in total. The van der Waals surface area contributed by atoms with Gasteiger partial charge in [-0.15, -0.1) is 0 Å². The minimum absolute atomic E-state index is 0.0774. The van der Waals surface area contributed by atoms with Gasteiger partial charge in [0.1, 0.15) is 0 Å². The van der Waals surface area contributed by atoms with E-state index < -0.39 is 0 Å². The number of pyridine rings is 1. The fourth-order valence-electron chi connectivity index (χ4n) is 2.13. The van der Waals surface area contributed by atoms with Gasteiger partial charge in [-0.3, -0.25) is 4.98 Å². The Morgan fingerprint density at radius 1 is 0.889 bits per heavy atom. The van der Waals surface area contributed by atoms with Crippen molar-refractivity contribution in [2.45, 2.75) is 6.61 Å². The highest BCUT2D eigenvalue weighted by molar-refractivity contribution is 5.93. The molecule has 2 heteroatoms. The summed E-state index contributed by atoms with van der Waals surface area (Å²) >= 11 is 0. The Labute approximate surface area is 106 Å². The maximum atomic E-state index is 9.06. The standard InChI is InChI=1S/C16H13NO/c18-11-12-6-8-13(9-7-12)15-5-1-3-14-4-2-10-17-16(14)15/h1-10,18H,11H2. The number of rotatable bonds is 2. The molecule has 0 aliphatic carbocycles. The van der Waals surface area contributed by atoms with Gasteiger partial charge >= 0.3 is 0 Å². The maximum Gasteiger partial charge on any atom is 0.0780 e. The van der Waals surface area contributed by atoms with E-state index in [0.717, 1.165) is 27.6 Å². The van der Waals surface area contributed by atoms with Gasteiger partial charge < -0.3 is 5.11 Å². The molecule has 0 saturated heterocycles. The normalized spacial score (nSPS) is 10.7. The van der Waals surface area contributed by atoms with Gasteiger partial charge in [0.05, 0.1) is 12.1 Å². The second kappa shape index (κ2) is 4.59. The Bertz CT molecular complexity index is 669. The van der Waals surface area contributed by atoms with Crippen LogP contribution in [0.5, 0.6) is 0 Å². The van der Waals surface area contributed by atoms with Gasteiger partial charge in [0.25, 0.3) is 0 Å². The van der Waals surface area contributed by atoms with Crippen LogP contribution in [-0.2, 0) is 6.61 Å². The lowest BCUT2D eigenvalue weighted by Gasteiger charge is -2.06. The number of aromatic nitrogens is 1. The van der Waals surface area contributed by atoms with Gasteiger partial charge in [0, 0.05) is 17.1 Å². The molecular weight excluding hydrogens is 222 g/mol. The Morgan fingerprint density at radius 3 is 2.44 bits per heavy atom. The average Bonchev–Trinajstić information content (AvgIpc) is 2.47. The fourth-order valence-corrected chi connectivity index (χ4v) is 2.13. The Morgan fingerprint density at radius 2 is 1.67 bits per heavy atom. The molecule has 0 saturated carbocycles. The first-order valence-corrected chi connectivity index (χ1v) is 5.92. The van der Waals surface area contributed by atoms with Gasteiger partial charge in [0.15, 0.2) is 0 Å². The quantitative estimate of drug-likeness (QED) is 0.738. The molecule has 1 heterocycles. The van der Waals surface area contributed by atoms with Gasteiger partial charge in [0.2, 0.25) is 0 Å². The van der Waals surface area contributed by atoms with Crippen LogP contribution in [0.2, 0.25) is 0 Å². The van der Waals surface area contributed by atoms with E-state index in [1.54, 1.807) is 0 Å². The molecule has 3 rings (SSSR count). The van der Waals surface area contributed by atoms with Gasteiger partial charge in [-0.2, -0.15) is 0 Å². The van der Waals surface area contributed by atoms with E-state index in [1.807, 2.05) is 42.6 Å². The Balaban J connectivity index is 2.18. The van der Waals surface area contributed by atoms with E-state index in [1.165, 1.54) is 0 Å². The molecular formula is C16H13NO. The van der Waals surface area contributed by atoms with Crippen molar-refractivity contribution in [2.24, 2.45) is 0 Å². The van der Waals surface area contributed by atoms with Crippen molar-refractivity contribution in [1.29, 1.82) is 0 Å². The highest BCUT2D eigenvalue weighted by Gasteiger charge is 2.04. The molecule has 2 aromatic carbocycles. The lowest BCUT2D eigenvalue weighted by Crippen LogP contribution is -1.86. The molecule has 0 bridgehead atoms. The lowest BCUT2D eigenvalue weighted by molar-refractivity contribution is 0.282. The second-order valence-electron chi connectivity index (χ2n) is 4.24. The van der Waals surface area contributed by atoms with Crippen molar-refractivity contribution in [3.63, 3.8) is 0 Å². The van der Waals surface area contributed by atoms with E-state index >= 15 is 0 Å². The zero-order chi connectivity index (χ0) is 12.4. The van der Waals surface area contributed by atoms with Crippen LogP contribution in [0.3, 0.4) is 0 Å². The summed E-state index contributed by atoms with van der Waals surface area (Å²) in [5.41, 5.74) is 4.18. The van der Waals surface area contributed by atoms with Crippen LogP contribution in [0, 0.1) is 0 Å². The van der Waals surface area contributed by atoms with E-state index in [4.69, 9.17) is 5.11 Å². The molecule has 1 aromatic heterocycles. The van der Waals surface area contributed by atoms with Crippen LogP contribution in [0.1, 0.15) is 5.56 Å². The highest BCUT2D eigenvalue weighted by atomic mass is 16.3. The fraction of sp³-hybridized carbons (Fsp3) is 0.0625. The van der Waals surface area contributed by atoms with Crippen LogP contribution in [-0.4, -0.2) is 10.1 Å². The summed E-state index contributed by atoms with van der Waals surface area (Å²) in [5.74, 6) is 0. The number of nitrogens with zero attached hydrogens (tertiary/aromatic N) is 1. The van der Waals surface area contributed by atoms with Crippen molar-refractivity contribution in [3.8, 4) is 11.1 Å². The molecule has 2 nitrogen and oxygen atoms in total. The Kier molecular flexibility index (Phi) is 2.79. The average molecular weight is 235 g/mol. The van der Waals surface area contributed by atoms with Crippen LogP contribution < -0.4 is 0 Å². The van der Waals surface area contributed by atoms with Gasteiger partial charge in [-0.25, -0.2) is 0 Å². The van der Waals surface area contributed by atoms with E-state index in [0.29, 0.717) is 0 Å². The third-order valence-corrected chi connectivity index (χ3v) is 3.08. The number of para-hydroxylation sites is 1. The van der Waals surface area contributed by atoms with Crippen molar-refractivity contribution < 1.29 is 5.11 Å².